The van der Waals surface area contributed by atoms with Crippen LogP contribution in [-0.4, -0.2) is 45.5 Å². The van der Waals surface area contributed by atoms with Gasteiger partial charge in [-0.2, -0.15) is 0 Å². The number of esters is 1. The van der Waals surface area contributed by atoms with Crippen molar-refractivity contribution in [2.45, 2.75) is 13.3 Å². The van der Waals surface area contributed by atoms with Crippen molar-refractivity contribution in [3.05, 3.63) is 80.7 Å². The number of nitrogens with zero attached hydrogens (tertiary/aromatic N) is 2. The second-order valence-corrected chi connectivity index (χ2v) is 8.49. The van der Waals surface area contributed by atoms with E-state index in [2.05, 4.69) is 35.9 Å². The zero-order chi connectivity index (χ0) is 24.1. The summed E-state index contributed by atoms with van der Waals surface area (Å²) in [6.45, 7) is 1.93. The fraction of sp³-hybridized carbons (Fsp3) is 0.200. The second-order valence-electron chi connectivity index (χ2n) is 7.64. The lowest BCUT2D eigenvalue weighted by Gasteiger charge is -2.09. The second kappa shape index (κ2) is 10.6. The maximum absolute atomic E-state index is 12.7. The Balaban J connectivity index is 1.70. The first-order valence-corrected chi connectivity index (χ1v) is 11.6. The van der Waals surface area contributed by atoms with Crippen LogP contribution < -0.4 is 5.56 Å². The Morgan fingerprint density at radius 1 is 1.26 bits per heavy atom. The number of aliphatic hydroxyl groups excluding tert-OH is 1. The number of hydrogen-bond donors (Lipinski definition) is 3. The van der Waals surface area contributed by atoms with Crippen LogP contribution in [0.1, 0.15) is 22.8 Å². The Morgan fingerprint density at radius 2 is 2.06 bits per heavy atom. The number of hydrogen-bond acceptors (Lipinski definition) is 6. The Morgan fingerprint density at radius 3 is 2.79 bits per heavy atom. The summed E-state index contributed by atoms with van der Waals surface area (Å²) in [6, 6.07) is 14.8. The predicted molar refractivity (Wildman–Crippen MR) is 135 cm³/mol. The smallest absolute Gasteiger partial charge is 0.338 e. The zero-order valence-electron chi connectivity index (χ0n) is 18.4. The lowest BCUT2D eigenvalue weighted by atomic mass is 10.0. The SMILES string of the molecule is CCOC(=O)c1cc(Br)c2nc(-c3c(N=CC(CO)Cc4ccccc4)cc[nH]c3=O)[nH]c2c1. The summed E-state index contributed by atoms with van der Waals surface area (Å²) >= 11 is 3.45. The van der Waals surface area contributed by atoms with Gasteiger partial charge in [-0.1, -0.05) is 30.3 Å². The number of ether oxygens (including phenoxy) is 1. The number of benzene rings is 2. The molecule has 0 spiro atoms. The van der Waals surface area contributed by atoms with E-state index in [0.29, 0.717) is 39.0 Å². The molecule has 0 aliphatic rings. The van der Waals surface area contributed by atoms with Crippen LogP contribution >= 0.6 is 15.9 Å². The largest absolute Gasteiger partial charge is 0.462 e. The normalized spacial score (nSPS) is 12.3. The molecule has 1 atom stereocenters. The number of halogens is 1. The number of carbonyl (C=O) groups excluding carboxylic acids is 1. The predicted octanol–water partition coefficient (Wildman–Crippen LogP) is 4.41. The van der Waals surface area contributed by atoms with Gasteiger partial charge in [0.15, 0.2) is 0 Å². The van der Waals surface area contributed by atoms with Gasteiger partial charge in [0.25, 0.3) is 5.56 Å². The molecule has 2 aromatic heterocycles. The molecule has 2 heterocycles. The monoisotopic (exact) mass is 522 g/mol. The Hall–Kier alpha value is -3.56. The average Bonchev–Trinajstić information content (AvgIpc) is 3.27. The van der Waals surface area contributed by atoms with Gasteiger partial charge in [0.2, 0.25) is 0 Å². The molecule has 0 bridgehead atoms. The first-order chi connectivity index (χ1) is 16.5. The first-order valence-electron chi connectivity index (χ1n) is 10.8. The van der Waals surface area contributed by atoms with Gasteiger partial charge < -0.3 is 19.8 Å². The summed E-state index contributed by atoms with van der Waals surface area (Å²) < 4.78 is 5.67. The number of fused-ring (bicyclic) bond motifs is 1. The molecule has 4 rings (SSSR count). The minimum Gasteiger partial charge on any atom is -0.462 e. The van der Waals surface area contributed by atoms with Crippen LogP contribution in [0.25, 0.3) is 22.4 Å². The standard InChI is InChI=1S/C25H23BrN4O4/c1-2-34-25(33)17-11-18(26)22-20(12-17)29-23(30-22)21-19(8-9-27-24(21)32)28-13-16(14-31)10-15-6-4-3-5-7-15/h3-9,11-13,16,31H,2,10,14H2,1H3,(H,27,32)(H,29,30). The van der Waals surface area contributed by atoms with Crippen molar-refractivity contribution in [1.29, 1.82) is 0 Å². The highest BCUT2D eigenvalue weighted by atomic mass is 79.9. The molecule has 0 radical (unpaired) electrons. The van der Waals surface area contributed by atoms with Crippen LogP contribution in [0.15, 0.2) is 69.0 Å². The van der Waals surface area contributed by atoms with Crippen molar-refractivity contribution in [3.63, 3.8) is 0 Å². The van der Waals surface area contributed by atoms with E-state index in [-0.39, 0.29) is 30.3 Å². The summed E-state index contributed by atoms with van der Waals surface area (Å²) in [6.07, 6.45) is 3.79. The number of aromatic nitrogens is 3. The van der Waals surface area contributed by atoms with Gasteiger partial charge in [0, 0.05) is 22.8 Å². The van der Waals surface area contributed by atoms with Gasteiger partial charge in [-0.25, -0.2) is 9.78 Å². The molecule has 0 amide bonds. The van der Waals surface area contributed by atoms with Crippen LogP contribution in [0.3, 0.4) is 0 Å². The van der Waals surface area contributed by atoms with Gasteiger partial charge in [-0.15, -0.1) is 0 Å². The van der Waals surface area contributed by atoms with Crippen molar-refractivity contribution in [3.8, 4) is 11.4 Å². The number of imidazole rings is 1. The van der Waals surface area contributed by atoms with E-state index in [1.54, 1.807) is 31.3 Å². The highest BCUT2D eigenvalue weighted by Crippen LogP contribution is 2.30. The number of H-pyrrole nitrogens is 2. The van der Waals surface area contributed by atoms with Crippen molar-refractivity contribution in [2.24, 2.45) is 10.9 Å². The molecule has 0 fully saturated rings. The molecule has 3 N–H and O–H groups in total. The van der Waals surface area contributed by atoms with Crippen molar-refractivity contribution < 1.29 is 14.6 Å². The Labute approximate surface area is 203 Å². The molecule has 8 nitrogen and oxygen atoms in total. The van der Waals surface area contributed by atoms with E-state index < -0.39 is 5.97 Å². The van der Waals surface area contributed by atoms with E-state index in [4.69, 9.17) is 4.74 Å². The summed E-state index contributed by atoms with van der Waals surface area (Å²) in [5, 5.41) is 9.82. The molecule has 0 aliphatic carbocycles. The third kappa shape index (κ3) is 5.16. The minimum absolute atomic E-state index is 0.0782. The van der Waals surface area contributed by atoms with Crippen LogP contribution in [0.4, 0.5) is 5.69 Å². The fourth-order valence-corrected chi connectivity index (χ4v) is 4.15. The van der Waals surface area contributed by atoms with Gasteiger partial charge in [0.1, 0.15) is 16.9 Å². The van der Waals surface area contributed by atoms with Crippen molar-refractivity contribution >= 4 is 44.8 Å². The van der Waals surface area contributed by atoms with Gasteiger partial charge >= 0.3 is 5.97 Å². The quantitative estimate of drug-likeness (QED) is 0.234. The van der Waals surface area contributed by atoms with Gasteiger partial charge in [-0.05, 0) is 53.0 Å². The molecule has 0 aliphatic heterocycles. The molecule has 9 heteroatoms. The van der Waals surface area contributed by atoms with E-state index >= 15 is 0 Å². The molecule has 4 aromatic rings. The van der Waals surface area contributed by atoms with E-state index in [1.165, 1.54) is 6.20 Å². The van der Waals surface area contributed by atoms with Crippen LogP contribution in [0.2, 0.25) is 0 Å². The topological polar surface area (TPSA) is 120 Å². The molecule has 0 saturated carbocycles. The molecule has 174 valence electrons. The van der Waals surface area contributed by atoms with Crippen molar-refractivity contribution in [1.82, 2.24) is 15.0 Å². The summed E-state index contributed by atoms with van der Waals surface area (Å²) in [7, 11) is 0. The van der Waals surface area contributed by atoms with Gasteiger partial charge in [-0.3, -0.25) is 9.79 Å². The lowest BCUT2D eigenvalue weighted by Crippen LogP contribution is -2.12. The van der Waals surface area contributed by atoms with Crippen LogP contribution in [0, 0.1) is 5.92 Å². The molecular weight excluding hydrogens is 500 g/mol. The van der Waals surface area contributed by atoms with Gasteiger partial charge in [0.05, 0.1) is 30.0 Å². The molecule has 2 aromatic carbocycles. The van der Waals surface area contributed by atoms with Crippen LogP contribution in [-0.2, 0) is 11.2 Å². The number of aromatic amines is 2. The third-order valence-electron chi connectivity index (χ3n) is 5.23. The first kappa shape index (κ1) is 23.6. The highest BCUT2D eigenvalue weighted by molar-refractivity contribution is 9.10. The number of aliphatic imine (C=N–C) groups is 1. The third-order valence-corrected chi connectivity index (χ3v) is 5.83. The minimum atomic E-state index is -0.447. The number of pyridine rings is 1. The fourth-order valence-electron chi connectivity index (χ4n) is 3.60. The Kier molecular flexibility index (Phi) is 7.34. The summed E-state index contributed by atoms with van der Waals surface area (Å²) in [5.41, 5.74) is 2.90. The highest BCUT2D eigenvalue weighted by Gasteiger charge is 2.18. The summed E-state index contributed by atoms with van der Waals surface area (Å²) in [4.78, 5) is 39.8. The molecule has 34 heavy (non-hydrogen) atoms. The number of rotatable bonds is 8. The Bertz CT molecular complexity index is 1400. The van der Waals surface area contributed by atoms with E-state index in [9.17, 15) is 14.7 Å². The van der Waals surface area contributed by atoms with E-state index in [1.807, 2.05) is 30.3 Å². The molecule has 0 saturated heterocycles. The maximum atomic E-state index is 12.7. The maximum Gasteiger partial charge on any atom is 0.338 e. The number of nitrogens with one attached hydrogen (secondary N) is 2. The molecular formula is C25H23BrN4O4. The van der Waals surface area contributed by atoms with Crippen molar-refractivity contribution in [2.75, 3.05) is 13.2 Å². The van der Waals surface area contributed by atoms with E-state index in [0.717, 1.165) is 5.56 Å². The summed E-state index contributed by atoms with van der Waals surface area (Å²) in [5.74, 6) is -0.349. The lowest BCUT2D eigenvalue weighted by molar-refractivity contribution is 0.0526. The van der Waals surface area contributed by atoms with Crippen LogP contribution in [0.5, 0.6) is 0 Å². The number of carbonyl (C=O) groups is 1. The number of aliphatic hydroxyl groups is 1. The zero-order valence-corrected chi connectivity index (χ0v) is 20.0. The average molecular weight is 523 g/mol. The molecule has 1 unspecified atom stereocenters.